The third-order valence-electron chi connectivity index (χ3n) is 4.04. The Morgan fingerprint density at radius 1 is 1.19 bits per heavy atom. The number of hydrogen-bond acceptors (Lipinski definition) is 4. The lowest BCUT2D eigenvalue weighted by Gasteiger charge is -2.33. The highest BCUT2D eigenvalue weighted by molar-refractivity contribution is 5.51. The molecule has 0 amide bonds. The van der Waals surface area contributed by atoms with Gasteiger partial charge in [0, 0.05) is 31.0 Å². The summed E-state index contributed by atoms with van der Waals surface area (Å²) in [6.07, 6.45) is 4.03. The van der Waals surface area contributed by atoms with Crippen molar-refractivity contribution in [2.24, 2.45) is 0 Å². The lowest BCUT2D eigenvalue weighted by molar-refractivity contribution is 0.471. The van der Waals surface area contributed by atoms with E-state index in [-0.39, 0.29) is 0 Å². The number of anilines is 2. The summed E-state index contributed by atoms with van der Waals surface area (Å²) >= 11 is 0. The molecule has 21 heavy (non-hydrogen) atoms. The Kier molecular flexibility index (Phi) is 3.95. The highest BCUT2D eigenvalue weighted by Gasteiger charge is 2.19. The third kappa shape index (κ3) is 3.27. The van der Waals surface area contributed by atoms with Crippen LogP contribution in [0.3, 0.4) is 0 Å². The van der Waals surface area contributed by atoms with Crippen LogP contribution in [0.4, 0.5) is 11.5 Å². The van der Waals surface area contributed by atoms with Gasteiger partial charge >= 0.3 is 0 Å². The highest BCUT2D eigenvalue weighted by Crippen LogP contribution is 2.24. The van der Waals surface area contributed by atoms with Crippen molar-refractivity contribution in [1.29, 1.82) is 0 Å². The zero-order chi connectivity index (χ0) is 14.7. The maximum Gasteiger partial charge on any atom is 0.128 e. The van der Waals surface area contributed by atoms with E-state index in [0.717, 1.165) is 43.0 Å². The average Bonchev–Trinajstić information content (AvgIpc) is 2.53. The van der Waals surface area contributed by atoms with Crippen LogP contribution < -0.4 is 10.2 Å². The normalized spacial score (nSPS) is 16.0. The molecule has 2 N–H and O–H groups in total. The summed E-state index contributed by atoms with van der Waals surface area (Å²) in [5.41, 5.74) is 1.99. The van der Waals surface area contributed by atoms with Crippen LogP contribution in [0.25, 0.3) is 0 Å². The number of piperidine rings is 1. The number of aromatic hydroxyl groups is 1. The number of aromatic nitrogens is 1. The van der Waals surface area contributed by atoms with Gasteiger partial charge in [-0.25, -0.2) is 4.98 Å². The van der Waals surface area contributed by atoms with Crippen molar-refractivity contribution in [3.8, 4) is 5.75 Å². The second-order valence-corrected chi connectivity index (χ2v) is 5.59. The van der Waals surface area contributed by atoms with Gasteiger partial charge in [-0.2, -0.15) is 0 Å². The van der Waals surface area contributed by atoms with Gasteiger partial charge in [0.1, 0.15) is 11.6 Å². The number of hydrogen-bond donors (Lipinski definition) is 2. The van der Waals surface area contributed by atoms with E-state index in [9.17, 15) is 5.11 Å². The number of aryl methyl sites for hydroxylation is 1. The maximum absolute atomic E-state index is 9.57. The molecule has 0 unspecified atom stereocenters. The minimum Gasteiger partial charge on any atom is -0.508 e. The fourth-order valence-corrected chi connectivity index (χ4v) is 2.77. The smallest absolute Gasteiger partial charge is 0.128 e. The van der Waals surface area contributed by atoms with Crippen LogP contribution in [0.5, 0.6) is 5.75 Å². The summed E-state index contributed by atoms with van der Waals surface area (Å²) in [6, 6.07) is 12.2. The van der Waals surface area contributed by atoms with Crippen molar-refractivity contribution in [2.75, 3.05) is 23.3 Å². The van der Waals surface area contributed by atoms with E-state index in [1.54, 1.807) is 6.07 Å². The second-order valence-electron chi connectivity index (χ2n) is 5.59. The third-order valence-corrected chi connectivity index (χ3v) is 4.04. The van der Waals surface area contributed by atoms with Crippen LogP contribution in [0, 0.1) is 6.92 Å². The zero-order valence-corrected chi connectivity index (χ0v) is 12.3. The van der Waals surface area contributed by atoms with Gasteiger partial charge in [0.2, 0.25) is 0 Å². The molecule has 1 aromatic carbocycles. The summed E-state index contributed by atoms with van der Waals surface area (Å²) in [6.45, 7) is 3.96. The predicted molar refractivity (Wildman–Crippen MR) is 85.9 cm³/mol. The van der Waals surface area contributed by atoms with Crippen LogP contribution in [0.1, 0.15) is 18.4 Å². The predicted octanol–water partition coefficient (Wildman–Crippen LogP) is 3.18. The molecule has 1 fully saturated rings. The van der Waals surface area contributed by atoms with Crippen molar-refractivity contribution in [1.82, 2.24) is 4.98 Å². The molecular weight excluding hydrogens is 262 g/mol. The molecule has 0 saturated carbocycles. The summed E-state index contributed by atoms with van der Waals surface area (Å²) in [5, 5.41) is 13.1. The number of rotatable bonds is 3. The van der Waals surface area contributed by atoms with Gasteiger partial charge in [-0.05, 0) is 55.7 Å². The van der Waals surface area contributed by atoms with Crippen molar-refractivity contribution < 1.29 is 5.11 Å². The van der Waals surface area contributed by atoms with Crippen molar-refractivity contribution in [2.45, 2.75) is 25.8 Å². The van der Waals surface area contributed by atoms with Gasteiger partial charge in [-0.1, -0.05) is 6.07 Å². The van der Waals surface area contributed by atoms with Crippen LogP contribution in [-0.2, 0) is 0 Å². The first-order valence-corrected chi connectivity index (χ1v) is 7.44. The van der Waals surface area contributed by atoms with Crippen molar-refractivity contribution in [3.63, 3.8) is 0 Å². The van der Waals surface area contributed by atoms with Crippen molar-refractivity contribution in [3.05, 3.63) is 48.2 Å². The minimum absolute atomic E-state index is 0.352. The quantitative estimate of drug-likeness (QED) is 0.849. The van der Waals surface area contributed by atoms with Crippen LogP contribution >= 0.6 is 0 Å². The molecule has 0 bridgehead atoms. The number of phenolic OH excluding ortho intramolecular Hbond substituents is 1. The Hall–Kier alpha value is -2.23. The lowest BCUT2D eigenvalue weighted by Crippen LogP contribution is -2.39. The first kappa shape index (κ1) is 13.7. The largest absolute Gasteiger partial charge is 0.508 e. The molecule has 2 aromatic rings. The first-order valence-electron chi connectivity index (χ1n) is 7.44. The molecule has 3 rings (SSSR count). The molecule has 110 valence electrons. The molecule has 0 spiro atoms. The standard InChI is InChI=1S/C17H21N3O/c1-13-12-15(5-6-16(13)21)19-14-7-10-20(11-8-14)17-4-2-3-9-18-17/h2-6,9,12,14,19,21H,7-8,10-11H2,1H3. The number of phenols is 1. The number of nitrogens with zero attached hydrogens (tertiary/aromatic N) is 2. The van der Waals surface area contributed by atoms with E-state index in [1.807, 2.05) is 37.4 Å². The van der Waals surface area contributed by atoms with Crippen LogP contribution in [0.2, 0.25) is 0 Å². The summed E-state index contributed by atoms with van der Waals surface area (Å²) < 4.78 is 0. The van der Waals surface area contributed by atoms with Gasteiger partial charge in [-0.15, -0.1) is 0 Å². The Labute approximate surface area is 125 Å². The Bertz CT molecular complexity index is 592. The van der Waals surface area contributed by atoms with Gasteiger partial charge in [0.05, 0.1) is 0 Å². The first-order chi connectivity index (χ1) is 10.2. The van der Waals surface area contributed by atoms with E-state index < -0.39 is 0 Å². The molecule has 1 aliphatic rings. The van der Waals surface area contributed by atoms with Gasteiger partial charge in [-0.3, -0.25) is 0 Å². The van der Waals surface area contributed by atoms with Crippen LogP contribution in [0.15, 0.2) is 42.6 Å². The molecular formula is C17H21N3O. The van der Waals surface area contributed by atoms with E-state index >= 15 is 0 Å². The molecule has 0 atom stereocenters. The van der Waals surface area contributed by atoms with Gasteiger partial charge < -0.3 is 15.3 Å². The number of benzene rings is 1. The molecule has 4 heteroatoms. The van der Waals surface area contributed by atoms with Gasteiger partial charge in [0.15, 0.2) is 0 Å². The second kappa shape index (κ2) is 6.04. The number of pyridine rings is 1. The highest BCUT2D eigenvalue weighted by atomic mass is 16.3. The fraction of sp³-hybridized carbons (Fsp3) is 0.353. The van der Waals surface area contributed by atoms with E-state index in [0.29, 0.717) is 11.8 Å². The molecule has 1 saturated heterocycles. The number of nitrogens with one attached hydrogen (secondary N) is 1. The molecule has 1 aromatic heterocycles. The summed E-state index contributed by atoms with van der Waals surface area (Å²) in [4.78, 5) is 6.74. The Morgan fingerprint density at radius 2 is 2.00 bits per heavy atom. The Morgan fingerprint density at radius 3 is 2.67 bits per heavy atom. The van der Waals surface area contributed by atoms with E-state index in [2.05, 4.69) is 21.3 Å². The fourth-order valence-electron chi connectivity index (χ4n) is 2.77. The molecule has 4 nitrogen and oxygen atoms in total. The minimum atomic E-state index is 0.352. The van der Waals surface area contributed by atoms with Gasteiger partial charge in [0.25, 0.3) is 0 Å². The lowest BCUT2D eigenvalue weighted by atomic mass is 10.0. The van der Waals surface area contributed by atoms with Crippen LogP contribution in [-0.4, -0.2) is 29.2 Å². The molecule has 0 radical (unpaired) electrons. The van der Waals surface area contributed by atoms with E-state index in [4.69, 9.17) is 0 Å². The van der Waals surface area contributed by atoms with Crippen molar-refractivity contribution >= 4 is 11.5 Å². The summed E-state index contributed by atoms with van der Waals surface area (Å²) in [7, 11) is 0. The topological polar surface area (TPSA) is 48.4 Å². The maximum atomic E-state index is 9.57. The monoisotopic (exact) mass is 283 g/mol. The summed E-state index contributed by atoms with van der Waals surface area (Å²) in [5.74, 6) is 1.42. The molecule has 0 aliphatic carbocycles. The molecule has 2 heterocycles. The average molecular weight is 283 g/mol. The Balaban J connectivity index is 1.57. The van der Waals surface area contributed by atoms with E-state index in [1.165, 1.54) is 0 Å². The molecule has 1 aliphatic heterocycles. The SMILES string of the molecule is Cc1cc(NC2CCN(c3ccccn3)CC2)ccc1O. The zero-order valence-electron chi connectivity index (χ0n) is 12.3.